The topological polar surface area (TPSA) is 131 Å². The predicted octanol–water partition coefficient (Wildman–Crippen LogP) is 6.31. The van der Waals surface area contributed by atoms with Crippen molar-refractivity contribution >= 4 is 48.2 Å². The molecule has 2 aliphatic heterocycles. The van der Waals surface area contributed by atoms with E-state index in [0.29, 0.717) is 18.5 Å². The van der Waals surface area contributed by atoms with Gasteiger partial charge >= 0.3 is 11.9 Å². The van der Waals surface area contributed by atoms with Crippen molar-refractivity contribution in [2.75, 3.05) is 0 Å². The molecule has 2 aliphatic rings. The molecule has 4 N–H and O–H groups in total. The highest BCUT2D eigenvalue weighted by Crippen LogP contribution is 2.31. The van der Waals surface area contributed by atoms with E-state index in [9.17, 15) is 19.8 Å². The van der Waals surface area contributed by atoms with Crippen LogP contribution in [-0.2, 0) is 16.0 Å². The van der Waals surface area contributed by atoms with Gasteiger partial charge in [-0.1, -0.05) is 32.1 Å². The van der Waals surface area contributed by atoms with Crippen LogP contribution in [0.2, 0.25) is 0 Å². The Balaban J connectivity index is 1.83. The lowest BCUT2D eigenvalue weighted by Crippen LogP contribution is -2.14. The van der Waals surface area contributed by atoms with E-state index < -0.39 is 11.9 Å². The summed E-state index contributed by atoms with van der Waals surface area (Å²) in [5.74, 6) is -1.73. The summed E-state index contributed by atoms with van der Waals surface area (Å²) in [6.07, 6.45) is 14.5. The third kappa shape index (κ3) is 6.75. The van der Waals surface area contributed by atoms with Crippen LogP contribution in [0.15, 0.2) is 56.3 Å². The van der Waals surface area contributed by atoms with Crippen molar-refractivity contribution in [3.63, 3.8) is 0 Å². The number of aromatic nitrogens is 2. The molecule has 0 atom stereocenters. The van der Waals surface area contributed by atoms with Crippen LogP contribution in [0.4, 0.5) is 0 Å². The lowest BCUT2D eigenvalue weighted by Gasteiger charge is -2.05. The minimum absolute atomic E-state index is 0.0107. The van der Waals surface area contributed by atoms with Crippen LogP contribution in [0.3, 0.4) is 0 Å². The van der Waals surface area contributed by atoms with Gasteiger partial charge < -0.3 is 20.2 Å². The quantitative estimate of drug-likeness (QED) is 0.229. The summed E-state index contributed by atoms with van der Waals surface area (Å²) in [6.45, 7) is 16.4. The molecule has 44 heavy (non-hydrogen) atoms. The Bertz CT molecular complexity index is 1830. The third-order valence-corrected chi connectivity index (χ3v) is 8.39. The molecular weight excluding hydrogens is 552 g/mol. The average molecular weight is 595 g/mol. The van der Waals surface area contributed by atoms with Gasteiger partial charge in [-0.05, 0) is 111 Å². The Kier molecular flexibility index (Phi) is 10.0. The summed E-state index contributed by atoms with van der Waals surface area (Å²) in [7, 11) is 0. The van der Waals surface area contributed by atoms with Gasteiger partial charge in [-0.25, -0.2) is 4.99 Å². The second-order valence-corrected chi connectivity index (χ2v) is 11.3. The van der Waals surface area contributed by atoms with Gasteiger partial charge in [-0.2, -0.15) is 0 Å². The zero-order valence-corrected chi connectivity index (χ0v) is 26.5. The van der Waals surface area contributed by atoms with Crippen LogP contribution in [-0.4, -0.2) is 44.0 Å². The molecule has 0 bridgehead atoms. The van der Waals surface area contributed by atoms with E-state index in [-0.39, 0.29) is 12.8 Å². The number of rotatable bonds is 12. The SMILES string of the molecule is C=Cc1c(C)/c(=C/c2[nH]c(/C=C3\N=CC(C)=C3CCC(=O)O)c(CCC(=O)O)c2C)[nH]/c1=C\C1=NC(=C\C)/C(CCC)=C1C. The monoisotopic (exact) mass is 594 g/mol. The largest absolute Gasteiger partial charge is 0.481 e. The van der Waals surface area contributed by atoms with Gasteiger partial charge in [0.05, 0.1) is 17.1 Å². The van der Waals surface area contributed by atoms with Crippen LogP contribution in [0.1, 0.15) is 93.4 Å². The minimum Gasteiger partial charge on any atom is -0.481 e. The van der Waals surface area contributed by atoms with Crippen molar-refractivity contribution in [3.8, 4) is 0 Å². The Morgan fingerprint density at radius 2 is 1.57 bits per heavy atom. The molecule has 0 aliphatic carbocycles. The van der Waals surface area contributed by atoms with Gasteiger partial charge in [-0.3, -0.25) is 14.6 Å². The first-order valence-corrected chi connectivity index (χ1v) is 15.1. The van der Waals surface area contributed by atoms with E-state index in [4.69, 9.17) is 4.99 Å². The number of hydrogen-bond donors (Lipinski definition) is 4. The van der Waals surface area contributed by atoms with E-state index >= 15 is 0 Å². The molecule has 230 valence electrons. The maximum atomic E-state index is 11.5. The first-order valence-electron chi connectivity index (χ1n) is 15.1. The molecule has 0 amide bonds. The van der Waals surface area contributed by atoms with E-state index in [1.165, 1.54) is 11.1 Å². The molecule has 8 nitrogen and oxygen atoms in total. The summed E-state index contributed by atoms with van der Waals surface area (Å²) in [5.41, 5.74) is 12.5. The van der Waals surface area contributed by atoms with Crippen LogP contribution in [0.5, 0.6) is 0 Å². The number of carbonyl (C=O) groups is 2. The number of allylic oxidation sites excluding steroid dienone is 5. The number of H-pyrrole nitrogens is 2. The smallest absolute Gasteiger partial charge is 0.303 e. The lowest BCUT2D eigenvalue weighted by molar-refractivity contribution is -0.138. The molecule has 8 heteroatoms. The summed E-state index contributed by atoms with van der Waals surface area (Å²) < 4.78 is 0. The van der Waals surface area contributed by atoms with Gasteiger partial charge in [-0.15, -0.1) is 0 Å². The molecule has 2 aromatic rings. The van der Waals surface area contributed by atoms with Crippen molar-refractivity contribution < 1.29 is 19.8 Å². The van der Waals surface area contributed by atoms with Crippen molar-refractivity contribution in [2.24, 2.45) is 9.98 Å². The van der Waals surface area contributed by atoms with Crippen LogP contribution >= 0.6 is 0 Å². The Hall–Kier alpha value is -4.72. The van der Waals surface area contributed by atoms with Crippen molar-refractivity contribution in [1.82, 2.24) is 9.97 Å². The molecule has 0 radical (unpaired) electrons. The molecule has 0 fully saturated rings. The Labute approximate surface area is 258 Å². The highest BCUT2D eigenvalue weighted by molar-refractivity contribution is 6.23. The summed E-state index contributed by atoms with van der Waals surface area (Å²) in [6, 6.07) is 0. The van der Waals surface area contributed by atoms with Crippen molar-refractivity contribution in [2.45, 2.75) is 80.1 Å². The molecule has 4 rings (SSSR count). The number of hydrogen-bond acceptors (Lipinski definition) is 4. The van der Waals surface area contributed by atoms with Crippen LogP contribution in [0, 0.1) is 13.8 Å². The Morgan fingerprint density at radius 3 is 2.20 bits per heavy atom. The molecule has 4 heterocycles. The van der Waals surface area contributed by atoms with E-state index in [0.717, 1.165) is 79.7 Å². The second kappa shape index (κ2) is 13.7. The van der Waals surface area contributed by atoms with Crippen molar-refractivity contribution in [1.29, 1.82) is 0 Å². The maximum absolute atomic E-state index is 11.5. The molecule has 0 saturated heterocycles. The van der Waals surface area contributed by atoms with Crippen LogP contribution in [0.25, 0.3) is 24.3 Å². The molecule has 2 aromatic heterocycles. The molecule has 0 spiro atoms. The predicted molar refractivity (Wildman–Crippen MR) is 179 cm³/mol. The summed E-state index contributed by atoms with van der Waals surface area (Å²) in [5, 5.41) is 20.5. The van der Waals surface area contributed by atoms with Gasteiger partial charge in [0.1, 0.15) is 0 Å². The van der Waals surface area contributed by atoms with Gasteiger partial charge in [0.25, 0.3) is 0 Å². The number of carboxylic acids is 2. The molecule has 0 aromatic carbocycles. The normalized spacial score (nSPS) is 17.6. The second-order valence-electron chi connectivity index (χ2n) is 11.3. The Morgan fingerprint density at radius 1 is 0.864 bits per heavy atom. The average Bonchev–Trinajstić information content (AvgIpc) is 3.66. The summed E-state index contributed by atoms with van der Waals surface area (Å²) in [4.78, 5) is 39.3. The first kappa shape index (κ1) is 32.2. The summed E-state index contributed by atoms with van der Waals surface area (Å²) >= 11 is 0. The fourth-order valence-corrected chi connectivity index (χ4v) is 5.87. The molecular formula is C36H42N4O4. The highest BCUT2D eigenvalue weighted by Gasteiger charge is 2.20. The zero-order valence-electron chi connectivity index (χ0n) is 26.5. The van der Waals surface area contributed by atoms with Gasteiger partial charge in [0.2, 0.25) is 0 Å². The van der Waals surface area contributed by atoms with E-state index in [1.54, 1.807) is 6.21 Å². The number of carboxylic acid groups (broad SMARTS) is 2. The van der Waals surface area contributed by atoms with Gasteiger partial charge in [0.15, 0.2) is 0 Å². The third-order valence-electron chi connectivity index (χ3n) is 8.39. The molecule has 0 saturated carbocycles. The number of aliphatic carboxylic acids is 2. The first-order chi connectivity index (χ1) is 21.0. The standard InChI is InChI=1S/C36H42N4O4/c1-8-11-26-22(6)31(38-28(26)10-3)17-33-24(9-2)21(5)29(39-33)16-30-23(7)27(13-15-36(43)44)34(40-30)18-32-25(12-14-35(41)42)20(4)19-37-32/h9-10,16-19,39-40H,2,8,11-15H2,1,3-7H3,(H,41,42)(H,43,44)/b28-10-,29-16-,32-18-,33-17-. The van der Waals surface area contributed by atoms with Crippen LogP contribution < -0.4 is 10.7 Å². The van der Waals surface area contributed by atoms with E-state index in [2.05, 4.69) is 54.5 Å². The van der Waals surface area contributed by atoms with E-state index in [1.807, 2.05) is 39.0 Å². The fourth-order valence-electron chi connectivity index (χ4n) is 5.87. The molecule has 0 unspecified atom stereocenters. The van der Waals surface area contributed by atoms with Gasteiger partial charge in [0, 0.05) is 46.7 Å². The number of nitrogens with zero attached hydrogens (tertiary/aromatic N) is 2. The fraction of sp³-hybridized carbons (Fsp3) is 0.333. The van der Waals surface area contributed by atoms with Crippen molar-refractivity contribution in [3.05, 3.63) is 90.7 Å². The number of aromatic amines is 2. The highest BCUT2D eigenvalue weighted by atomic mass is 16.4. The maximum Gasteiger partial charge on any atom is 0.303 e. The number of nitrogens with one attached hydrogen (secondary N) is 2. The number of aliphatic imine (C=N–C) groups is 2. The zero-order chi connectivity index (χ0) is 32.1. The lowest BCUT2D eigenvalue weighted by atomic mass is 10.0. The minimum atomic E-state index is -0.870.